The van der Waals surface area contributed by atoms with Crippen molar-refractivity contribution in [3.63, 3.8) is 0 Å². The van der Waals surface area contributed by atoms with E-state index < -0.39 is 0 Å². The Morgan fingerprint density at radius 3 is 2.50 bits per heavy atom. The van der Waals surface area contributed by atoms with Gasteiger partial charge < -0.3 is 10.1 Å². The molecule has 1 saturated heterocycles. The van der Waals surface area contributed by atoms with Gasteiger partial charge in [-0.1, -0.05) is 6.92 Å². The molecule has 0 aromatic heterocycles. The molecule has 0 saturated carbocycles. The third-order valence-electron chi connectivity index (χ3n) is 3.00. The van der Waals surface area contributed by atoms with Crippen LogP contribution >= 0.6 is 0 Å². The zero-order chi connectivity index (χ0) is 10.6. The predicted molar refractivity (Wildman–Crippen MR) is 56.1 cm³/mol. The van der Waals surface area contributed by atoms with E-state index in [0.717, 1.165) is 32.4 Å². The molecule has 0 atom stereocenters. The smallest absolute Gasteiger partial charge is 0.311 e. The first-order chi connectivity index (χ1) is 6.56. The number of carbonyl (C=O) groups is 1. The molecule has 1 heterocycles. The van der Waals surface area contributed by atoms with Gasteiger partial charge in [-0.25, -0.2) is 0 Å². The Kier molecular flexibility index (Phi) is 3.93. The first-order valence-electron chi connectivity index (χ1n) is 5.48. The van der Waals surface area contributed by atoms with Gasteiger partial charge in [-0.2, -0.15) is 0 Å². The Labute approximate surface area is 86.2 Å². The topological polar surface area (TPSA) is 38.3 Å². The molecule has 0 aromatic carbocycles. The maximum Gasteiger partial charge on any atom is 0.311 e. The number of hydrogen-bond acceptors (Lipinski definition) is 3. The van der Waals surface area contributed by atoms with Gasteiger partial charge in [0.05, 0.1) is 5.41 Å². The standard InChI is InChI=1S/C11H21NO2/c1-4-11(2,3)10(13)14-9-5-7-12-8-6-9/h9,12H,4-8H2,1-3H3. The molecule has 1 fully saturated rings. The van der Waals surface area contributed by atoms with Crippen LogP contribution in [-0.4, -0.2) is 25.2 Å². The highest BCUT2D eigenvalue weighted by molar-refractivity contribution is 5.75. The van der Waals surface area contributed by atoms with Crippen LogP contribution in [0.25, 0.3) is 0 Å². The van der Waals surface area contributed by atoms with Gasteiger partial charge in [0, 0.05) is 0 Å². The Morgan fingerprint density at radius 2 is 2.00 bits per heavy atom. The quantitative estimate of drug-likeness (QED) is 0.703. The zero-order valence-corrected chi connectivity index (χ0v) is 9.43. The minimum Gasteiger partial charge on any atom is -0.462 e. The van der Waals surface area contributed by atoms with Gasteiger partial charge in [-0.15, -0.1) is 0 Å². The van der Waals surface area contributed by atoms with Crippen molar-refractivity contribution in [3.8, 4) is 0 Å². The van der Waals surface area contributed by atoms with E-state index in [-0.39, 0.29) is 17.5 Å². The summed E-state index contributed by atoms with van der Waals surface area (Å²) in [5.74, 6) is -0.0492. The Hall–Kier alpha value is -0.570. The van der Waals surface area contributed by atoms with Crippen LogP contribution in [-0.2, 0) is 9.53 Å². The van der Waals surface area contributed by atoms with Crippen molar-refractivity contribution in [1.82, 2.24) is 5.32 Å². The summed E-state index contributed by atoms with van der Waals surface area (Å²) in [6.07, 6.45) is 2.86. The second kappa shape index (κ2) is 4.78. The molecule has 0 unspecified atom stereocenters. The van der Waals surface area contributed by atoms with Crippen molar-refractivity contribution in [2.45, 2.75) is 46.1 Å². The highest BCUT2D eigenvalue weighted by atomic mass is 16.5. The molecule has 0 aromatic rings. The van der Waals surface area contributed by atoms with E-state index in [2.05, 4.69) is 5.32 Å². The molecule has 1 N–H and O–H groups in total. The number of rotatable bonds is 3. The second-order valence-electron chi connectivity index (χ2n) is 4.59. The lowest BCUT2D eigenvalue weighted by Gasteiger charge is -2.27. The van der Waals surface area contributed by atoms with Crippen LogP contribution in [0.15, 0.2) is 0 Å². The van der Waals surface area contributed by atoms with E-state index in [0.29, 0.717) is 0 Å². The number of nitrogens with one attached hydrogen (secondary N) is 1. The summed E-state index contributed by atoms with van der Waals surface area (Å²) >= 11 is 0. The maximum atomic E-state index is 11.7. The van der Waals surface area contributed by atoms with Gasteiger partial charge in [0.15, 0.2) is 0 Å². The highest BCUT2D eigenvalue weighted by Crippen LogP contribution is 2.23. The average Bonchev–Trinajstić information content (AvgIpc) is 2.19. The van der Waals surface area contributed by atoms with Gasteiger partial charge in [-0.3, -0.25) is 4.79 Å². The first-order valence-corrected chi connectivity index (χ1v) is 5.48. The van der Waals surface area contributed by atoms with Crippen molar-refractivity contribution in [2.24, 2.45) is 5.41 Å². The number of carbonyl (C=O) groups excluding carboxylic acids is 1. The third-order valence-corrected chi connectivity index (χ3v) is 3.00. The number of ether oxygens (including phenoxy) is 1. The van der Waals surface area contributed by atoms with Crippen molar-refractivity contribution >= 4 is 5.97 Å². The predicted octanol–water partition coefficient (Wildman–Crippen LogP) is 1.72. The molecule has 1 aliphatic rings. The van der Waals surface area contributed by atoms with Crippen molar-refractivity contribution in [1.29, 1.82) is 0 Å². The summed E-state index contributed by atoms with van der Waals surface area (Å²) in [7, 11) is 0. The molecule has 0 spiro atoms. The monoisotopic (exact) mass is 199 g/mol. The fourth-order valence-corrected chi connectivity index (χ4v) is 1.37. The largest absolute Gasteiger partial charge is 0.462 e. The molecule has 0 bridgehead atoms. The molecule has 82 valence electrons. The molecule has 1 aliphatic heterocycles. The van der Waals surface area contributed by atoms with Crippen LogP contribution in [0, 0.1) is 5.41 Å². The van der Waals surface area contributed by atoms with E-state index in [1.54, 1.807) is 0 Å². The van der Waals surface area contributed by atoms with Crippen LogP contribution < -0.4 is 5.32 Å². The number of hydrogen-bond donors (Lipinski definition) is 1. The van der Waals surface area contributed by atoms with E-state index in [1.807, 2.05) is 20.8 Å². The Balaban J connectivity index is 2.39. The van der Waals surface area contributed by atoms with Crippen molar-refractivity contribution in [3.05, 3.63) is 0 Å². The van der Waals surface area contributed by atoms with Crippen LogP contribution in [0.4, 0.5) is 0 Å². The van der Waals surface area contributed by atoms with Crippen LogP contribution in [0.1, 0.15) is 40.0 Å². The molecule has 3 nitrogen and oxygen atoms in total. The van der Waals surface area contributed by atoms with Crippen LogP contribution in [0.2, 0.25) is 0 Å². The normalized spacial score (nSPS) is 19.4. The number of esters is 1. The van der Waals surface area contributed by atoms with Crippen molar-refractivity contribution < 1.29 is 9.53 Å². The Morgan fingerprint density at radius 1 is 1.43 bits per heavy atom. The summed E-state index contributed by atoms with van der Waals surface area (Å²) in [5, 5.41) is 3.25. The molecular formula is C11H21NO2. The maximum absolute atomic E-state index is 11.7. The minimum atomic E-state index is -0.328. The SMILES string of the molecule is CCC(C)(C)C(=O)OC1CCNCC1. The highest BCUT2D eigenvalue weighted by Gasteiger charge is 2.29. The number of piperidine rings is 1. The lowest BCUT2D eigenvalue weighted by molar-refractivity contribution is -0.160. The molecule has 0 radical (unpaired) electrons. The van der Waals surface area contributed by atoms with Gasteiger partial charge in [0.2, 0.25) is 0 Å². The van der Waals surface area contributed by atoms with Gasteiger partial charge >= 0.3 is 5.97 Å². The summed E-state index contributed by atoms with van der Waals surface area (Å²) in [6, 6.07) is 0. The minimum absolute atomic E-state index is 0.0492. The summed E-state index contributed by atoms with van der Waals surface area (Å²) < 4.78 is 5.47. The van der Waals surface area contributed by atoms with Crippen molar-refractivity contribution in [2.75, 3.05) is 13.1 Å². The van der Waals surface area contributed by atoms with Crippen LogP contribution in [0.5, 0.6) is 0 Å². The molecule has 14 heavy (non-hydrogen) atoms. The molecule has 0 aliphatic carbocycles. The molecular weight excluding hydrogens is 178 g/mol. The van der Waals surface area contributed by atoms with E-state index in [4.69, 9.17) is 4.74 Å². The molecule has 0 amide bonds. The van der Waals surface area contributed by atoms with E-state index >= 15 is 0 Å². The second-order valence-corrected chi connectivity index (χ2v) is 4.59. The summed E-state index contributed by atoms with van der Waals surface area (Å²) in [5.41, 5.74) is -0.328. The molecule has 3 heteroatoms. The van der Waals surface area contributed by atoms with Gasteiger partial charge in [0.1, 0.15) is 6.10 Å². The fourth-order valence-electron chi connectivity index (χ4n) is 1.37. The average molecular weight is 199 g/mol. The lowest BCUT2D eigenvalue weighted by atomic mass is 9.90. The van der Waals surface area contributed by atoms with Crippen LogP contribution in [0.3, 0.4) is 0 Å². The summed E-state index contributed by atoms with van der Waals surface area (Å²) in [6.45, 7) is 7.82. The molecule has 1 rings (SSSR count). The third kappa shape index (κ3) is 2.98. The lowest BCUT2D eigenvalue weighted by Crippen LogP contribution is -2.37. The van der Waals surface area contributed by atoms with E-state index in [9.17, 15) is 4.79 Å². The van der Waals surface area contributed by atoms with Gasteiger partial charge in [-0.05, 0) is 46.2 Å². The fraction of sp³-hybridized carbons (Fsp3) is 0.909. The van der Waals surface area contributed by atoms with E-state index in [1.165, 1.54) is 0 Å². The Bertz CT molecular complexity index is 195. The zero-order valence-electron chi connectivity index (χ0n) is 9.43. The first kappa shape index (κ1) is 11.5. The van der Waals surface area contributed by atoms with Gasteiger partial charge in [0.25, 0.3) is 0 Å². The summed E-state index contributed by atoms with van der Waals surface area (Å²) in [4.78, 5) is 11.7.